The first-order valence-corrected chi connectivity index (χ1v) is 7.36. The summed E-state index contributed by atoms with van der Waals surface area (Å²) in [4.78, 5) is 12.6. The highest BCUT2D eigenvalue weighted by atomic mass is 35.5. The highest BCUT2D eigenvalue weighted by molar-refractivity contribution is 5.85. The van der Waals surface area contributed by atoms with Crippen molar-refractivity contribution < 1.29 is 14.3 Å². The van der Waals surface area contributed by atoms with E-state index >= 15 is 0 Å². The molecule has 0 aliphatic carbocycles. The fraction of sp³-hybridized carbons (Fsp3) is 0.933. The molecule has 1 atom stereocenters. The second-order valence-electron chi connectivity index (χ2n) is 6.76. The number of amides is 1. The Balaban J connectivity index is 0.00000400. The number of piperidine rings is 1. The second-order valence-corrected chi connectivity index (χ2v) is 6.76. The molecule has 1 rings (SSSR count). The molecule has 0 saturated carbocycles. The van der Waals surface area contributed by atoms with E-state index in [0.29, 0.717) is 13.2 Å². The fourth-order valence-corrected chi connectivity index (χ4v) is 2.73. The van der Waals surface area contributed by atoms with Crippen molar-refractivity contribution in [3.8, 4) is 0 Å². The summed E-state index contributed by atoms with van der Waals surface area (Å²) in [6.45, 7) is 9.09. The van der Waals surface area contributed by atoms with Crippen LogP contribution in [-0.4, -0.2) is 52.5 Å². The van der Waals surface area contributed by atoms with Gasteiger partial charge in [0.25, 0.3) is 0 Å². The number of carbonyl (C=O) groups is 1. The Morgan fingerprint density at radius 3 is 2.29 bits per heavy atom. The average Bonchev–Trinajstić information content (AvgIpc) is 2.39. The normalized spacial score (nSPS) is 19.5. The third kappa shape index (κ3) is 5.74. The van der Waals surface area contributed by atoms with Gasteiger partial charge in [-0.25, -0.2) is 0 Å². The summed E-state index contributed by atoms with van der Waals surface area (Å²) in [5, 5.41) is 6.36. The van der Waals surface area contributed by atoms with Crippen molar-refractivity contribution in [1.82, 2.24) is 10.6 Å². The Morgan fingerprint density at radius 2 is 1.86 bits per heavy atom. The summed E-state index contributed by atoms with van der Waals surface area (Å²) >= 11 is 0. The molecule has 1 saturated heterocycles. The first-order valence-electron chi connectivity index (χ1n) is 7.36. The molecule has 1 aliphatic heterocycles. The van der Waals surface area contributed by atoms with Crippen LogP contribution in [0.4, 0.5) is 0 Å². The maximum Gasteiger partial charge on any atom is 0.228 e. The third-order valence-corrected chi connectivity index (χ3v) is 4.16. The molecule has 6 heteroatoms. The van der Waals surface area contributed by atoms with Gasteiger partial charge in [-0.3, -0.25) is 4.79 Å². The molecule has 0 spiro atoms. The maximum absolute atomic E-state index is 12.6. The average molecular weight is 323 g/mol. The predicted molar refractivity (Wildman–Crippen MR) is 86.9 cm³/mol. The molecule has 0 aromatic rings. The van der Waals surface area contributed by atoms with E-state index in [-0.39, 0.29) is 29.8 Å². The molecule has 1 amide bonds. The lowest BCUT2D eigenvalue weighted by atomic mass is 9.78. The van der Waals surface area contributed by atoms with Crippen molar-refractivity contribution in [2.75, 3.05) is 40.5 Å². The van der Waals surface area contributed by atoms with Gasteiger partial charge in [0.05, 0.1) is 18.1 Å². The molecular weight excluding hydrogens is 292 g/mol. The molecule has 0 aromatic carbocycles. The van der Waals surface area contributed by atoms with Crippen molar-refractivity contribution >= 4 is 18.3 Å². The molecule has 21 heavy (non-hydrogen) atoms. The lowest BCUT2D eigenvalue weighted by Crippen LogP contribution is -2.52. The SMILES string of the molecule is COCC1(C(=O)NCC(OC)C(C)(C)C)CCNCC1.Cl. The van der Waals surface area contributed by atoms with Crippen LogP contribution in [0, 0.1) is 10.8 Å². The lowest BCUT2D eigenvalue weighted by Gasteiger charge is -2.37. The van der Waals surface area contributed by atoms with Crippen LogP contribution < -0.4 is 10.6 Å². The van der Waals surface area contributed by atoms with E-state index in [2.05, 4.69) is 31.4 Å². The van der Waals surface area contributed by atoms with Crippen LogP contribution in [0.3, 0.4) is 0 Å². The van der Waals surface area contributed by atoms with Crippen LogP contribution in [-0.2, 0) is 14.3 Å². The molecule has 0 bridgehead atoms. The molecule has 0 aromatic heterocycles. The molecule has 1 heterocycles. The highest BCUT2D eigenvalue weighted by Crippen LogP contribution is 2.29. The maximum atomic E-state index is 12.6. The zero-order valence-corrected chi connectivity index (χ0v) is 14.8. The van der Waals surface area contributed by atoms with Crippen LogP contribution >= 0.6 is 12.4 Å². The summed E-state index contributed by atoms with van der Waals surface area (Å²) in [6.07, 6.45) is 1.65. The van der Waals surface area contributed by atoms with Gasteiger partial charge in [-0.2, -0.15) is 0 Å². The van der Waals surface area contributed by atoms with Gasteiger partial charge in [0, 0.05) is 20.8 Å². The smallest absolute Gasteiger partial charge is 0.228 e. The fourth-order valence-electron chi connectivity index (χ4n) is 2.73. The van der Waals surface area contributed by atoms with Gasteiger partial charge >= 0.3 is 0 Å². The summed E-state index contributed by atoms with van der Waals surface area (Å²) in [7, 11) is 3.35. The topological polar surface area (TPSA) is 59.6 Å². The van der Waals surface area contributed by atoms with Crippen LogP contribution in [0.1, 0.15) is 33.6 Å². The molecule has 126 valence electrons. The van der Waals surface area contributed by atoms with Crippen molar-refractivity contribution in [2.45, 2.75) is 39.7 Å². The molecule has 1 fully saturated rings. The first kappa shape index (κ1) is 20.6. The van der Waals surface area contributed by atoms with Crippen LogP contribution in [0.2, 0.25) is 0 Å². The number of hydrogen-bond acceptors (Lipinski definition) is 4. The summed E-state index contributed by atoms with van der Waals surface area (Å²) in [6, 6.07) is 0. The van der Waals surface area contributed by atoms with E-state index in [0.717, 1.165) is 25.9 Å². The standard InChI is InChI=1S/C15H30N2O3.ClH/c1-14(2,3)12(20-5)10-17-13(18)15(11-19-4)6-8-16-9-7-15;/h12,16H,6-11H2,1-5H3,(H,17,18);1H. The van der Waals surface area contributed by atoms with Crippen molar-refractivity contribution in [1.29, 1.82) is 0 Å². The van der Waals surface area contributed by atoms with Gasteiger partial charge in [0.2, 0.25) is 5.91 Å². The molecule has 5 nitrogen and oxygen atoms in total. The van der Waals surface area contributed by atoms with Gasteiger partial charge < -0.3 is 20.1 Å². The number of nitrogens with one attached hydrogen (secondary N) is 2. The molecule has 2 N–H and O–H groups in total. The zero-order valence-electron chi connectivity index (χ0n) is 14.0. The first-order chi connectivity index (χ1) is 9.35. The van der Waals surface area contributed by atoms with Gasteiger partial charge in [-0.15, -0.1) is 12.4 Å². The van der Waals surface area contributed by atoms with Crippen molar-refractivity contribution in [3.05, 3.63) is 0 Å². The van der Waals surface area contributed by atoms with Gasteiger partial charge in [-0.1, -0.05) is 20.8 Å². The number of hydrogen-bond donors (Lipinski definition) is 2. The largest absolute Gasteiger partial charge is 0.384 e. The molecule has 1 unspecified atom stereocenters. The number of ether oxygens (including phenoxy) is 2. The second kappa shape index (κ2) is 8.93. The van der Waals surface area contributed by atoms with E-state index in [9.17, 15) is 4.79 Å². The third-order valence-electron chi connectivity index (χ3n) is 4.16. The molecule has 0 radical (unpaired) electrons. The molecular formula is C15H31ClN2O3. The van der Waals surface area contributed by atoms with Crippen LogP contribution in [0.25, 0.3) is 0 Å². The van der Waals surface area contributed by atoms with Gasteiger partial charge in [0.1, 0.15) is 0 Å². The quantitative estimate of drug-likeness (QED) is 0.780. The van der Waals surface area contributed by atoms with E-state index in [1.165, 1.54) is 0 Å². The number of methoxy groups -OCH3 is 2. The number of rotatable bonds is 6. The van der Waals surface area contributed by atoms with E-state index < -0.39 is 5.41 Å². The lowest BCUT2D eigenvalue weighted by molar-refractivity contribution is -0.137. The van der Waals surface area contributed by atoms with Gasteiger partial charge in [-0.05, 0) is 31.3 Å². The Kier molecular flexibility index (Phi) is 8.78. The van der Waals surface area contributed by atoms with Crippen molar-refractivity contribution in [3.63, 3.8) is 0 Å². The van der Waals surface area contributed by atoms with Gasteiger partial charge in [0.15, 0.2) is 0 Å². The monoisotopic (exact) mass is 322 g/mol. The Morgan fingerprint density at radius 1 is 1.29 bits per heavy atom. The van der Waals surface area contributed by atoms with E-state index in [4.69, 9.17) is 9.47 Å². The van der Waals surface area contributed by atoms with Crippen molar-refractivity contribution in [2.24, 2.45) is 10.8 Å². The zero-order chi connectivity index (χ0) is 15.2. The molecule has 1 aliphatic rings. The Labute approximate surface area is 134 Å². The predicted octanol–water partition coefficient (Wildman–Crippen LogP) is 1.60. The highest BCUT2D eigenvalue weighted by Gasteiger charge is 2.40. The number of halogens is 1. The minimum absolute atomic E-state index is 0. The van der Waals surface area contributed by atoms with Crippen LogP contribution in [0.5, 0.6) is 0 Å². The van der Waals surface area contributed by atoms with Crippen LogP contribution in [0.15, 0.2) is 0 Å². The minimum Gasteiger partial charge on any atom is -0.384 e. The Bertz CT molecular complexity index is 307. The summed E-state index contributed by atoms with van der Waals surface area (Å²) in [5.41, 5.74) is -0.388. The summed E-state index contributed by atoms with van der Waals surface area (Å²) < 4.78 is 10.8. The van der Waals surface area contributed by atoms with E-state index in [1.54, 1.807) is 14.2 Å². The Hall–Kier alpha value is -0.360. The number of carbonyl (C=O) groups excluding carboxylic acids is 1. The van der Waals surface area contributed by atoms with E-state index in [1.807, 2.05) is 0 Å². The minimum atomic E-state index is -0.393. The summed E-state index contributed by atoms with van der Waals surface area (Å²) in [5.74, 6) is 0.0900.